The predicted octanol–water partition coefficient (Wildman–Crippen LogP) is 2.93. The van der Waals surface area contributed by atoms with E-state index in [9.17, 15) is 20.0 Å². The van der Waals surface area contributed by atoms with Crippen molar-refractivity contribution in [3.63, 3.8) is 0 Å². The summed E-state index contributed by atoms with van der Waals surface area (Å²) in [6.07, 6.45) is 1.36. The largest absolute Gasteiger partial charge is 0.504 e. The monoisotopic (exact) mass is 451 g/mol. The van der Waals surface area contributed by atoms with E-state index in [0.29, 0.717) is 22.9 Å². The molecule has 0 saturated carbocycles. The zero-order chi connectivity index (χ0) is 23.3. The fourth-order valence-corrected chi connectivity index (χ4v) is 2.94. The molecule has 9 nitrogen and oxygen atoms in total. The van der Waals surface area contributed by atoms with Crippen LogP contribution in [0, 0.1) is 18.3 Å². The molecule has 3 aromatic rings. The molecule has 0 radical (unpaired) electrons. The van der Waals surface area contributed by atoms with Crippen LogP contribution in [0.5, 0.6) is 11.5 Å². The quantitative estimate of drug-likeness (QED) is 0.437. The molecular formula is C22H18ClN5O4. The lowest BCUT2D eigenvalue weighted by Gasteiger charge is -2.10. The Labute approximate surface area is 188 Å². The molecule has 0 aliphatic rings. The molecule has 0 unspecified atom stereocenters. The zero-order valence-electron chi connectivity index (χ0n) is 17.2. The fourth-order valence-electron chi connectivity index (χ4n) is 2.81. The van der Waals surface area contributed by atoms with E-state index in [-0.39, 0.29) is 28.3 Å². The van der Waals surface area contributed by atoms with Gasteiger partial charge in [0.1, 0.15) is 11.6 Å². The van der Waals surface area contributed by atoms with Crippen LogP contribution in [0.2, 0.25) is 5.02 Å². The van der Waals surface area contributed by atoms with Gasteiger partial charge in [-0.15, -0.1) is 0 Å². The van der Waals surface area contributed by atoms with Crippen LogP contribution in [0.1, 0.15) is 34.1 Å². The summed E-state index contributed by atoms with van der Waals surface area (Å²) in [6.45, 7) is 3.63. The Morgan fingerprint density at radius 2 is 2.06 bits per heavy atom. The molecule has 162 valence electrons. The maximum Gasteiger partial charge on any atom is 0.292 e. The van der Waals surface area contributed by atoms with Crippen molar-refractivity contribution >= 4 is 23.7 Å². The van der Waals surface area contributed by atoms with Crippen molar-refractivity contribution in [3.8, 4) is 23.3 Å². The van der Waals surface area contributed by atoms with Crippen LogP contribution >= 0.6 is 11.6 Å². The molecule has 3 rings (SSSR count). The number of aromatic hydroxyl groups is 1. The first kappa shape index (κ1) is 22.5. The summed E-state index contributed by atoms with van der Waals surface area (Å²) < 4.78 is 6.28. The maximum atomic E-state index is 12.7. The average molecular weight is 452 g/mol. The topological polar surface area (TPSA) is 130 Å². The molecule has 1 amide bonds. The number of aromatic nitrogens is 2. The number of hydrogen-bond acceptors (Lipinski definition) is 7. The number of nitrogens with zero attached hydrogens (tertiary/aromatic N) is 4. The minimum absolute atomic E-state index is 0.0126. The highest BCUT2D eigenvalue weighted by Crippen LogP contribution is 2.26. The number of amides is 1. The van der Waals surface area contributed by atoms with Gasteiger partial charge in [-0.3, -0.25) is 9.59 Å². The van der Waals surface area contributed by atoms with Gasteiger partial charge < -0.3 is 9.84 Å². The molecule has 2 N–H and O–H groups in total. The molecular weight excluding hydrogens is 434 g/mol. The molecule has 0 aliphatic heterocycles. The van der Waals surface area contributed by atoms with E-state index < -0.39 is 11.5 Å². The number of nitriles is 1. The highest BCUT2D eigenvalue weighted by molar-refractivity contribution is 6.30. The summed E-state index contributed by atoms with van der Waals surface area (Å²) in [4.78, 5) is 25.3. The fraction of sp³-hybridized carbons (Fsp3) is 0.136. The predicted molar refractivity (Wildman–Crippen MR) is 119 cm³/mol. The average Bonchev–Trinajstić information content (AvgIpc) is 2.77. The number of hydrazone groups is 1. The number of nitrogens with one attached hydrogen (secondary N) is 1. The third-order valence-electron chi connectivity index (χ3n) is 4.40. The molecule has 0 aliphatic carbocycles. The Morgan fingerprint density at radius 3 is 2.72 bits per heavy atom. The van der Waals surface area contributed by atoms with E-state index in [2.05, 4.69) is 15.6 Å². The van der Waals surface area contributed by atoms with Gasteiger partial charge in [-0.1, -0.05) is 11.6 Å². The van der Waals surface area contributed by atoms with E-state index >= 15 is 0 Å². The highest BCUT2D eigenvalue weighted by Gasteiger charge is 2.20. The van der Waals surface area contributed by atoms with E-state index in [4.69, 9.17) is 16.3 Å². The second-order valence-corrected chi connectivity index (χ2v) is 6.95. The van der Waals surface area contributed by atoms with Crippen LogP contribution < -0.4 is 15.7 Å². The van der Waals surface area contributed by atoms with Crippen LogP contribution in [0.15, 0.2) is 52.4 Å². The van der Waals surface area contributed by atoms with Crippen molar-refractivity contribution in [2.24, 2.45) is 5.10 Å². The normalized spacial score (nSPS) is 10.7. The van der Waals surface area contributed by atoms with Gasteiger partial charge in [0.15, 0.2) is 17.2 Å². The van der Waals surface area contributed by atoms with Gasteiger partial charge in [0, 0.05) is 10.6 Å². The summed E-state index contributed by atoms with van der Waals surface area (Å²) in [5.74, 6) is -0.433. The first-order valence-corrected chi connectivity index (χ1v) is 9.82. The number of phenols is 1. The molecule has 1 aromatic heterocycles. The number of halogens is 1. The highest BCUT2D eigenvalue weighted by atomic mass is 35.5. The number of hydrogen-bond donors (Lipinski definition) is 2. The van der Waals surface area contributed by atoms with Crippen LogP contribution in [-0.4, -0.2) is 33.6 Å². The number of rotatable bonds is 6. The van der Waals surface area contributed by atoms with E-state index in [0.717, 1.165) is 4.68 Å². The van der Waals surface area contributed by atoms with Gasteiger partial charge in [0.25, 0.3) is 11.5 Å². The molecule has 2 aromatic carbocycles. The van der Waals surface area contributed by atoms with Crippen molar-refractivity contribution in [1.82, 2.24) is 15.2 Å². The molecule has 0 saturated heterocycles. The van der Waals surface area contributed by atoms with Crippen molar-refractivity contribution in [1.29, 1.82) is 5.26 Å². The lowest BCUT2D eigenvalue weighted by Crippen LogP contribution is -2.31. The standard InChI is InChI=1S/C22H18ClN5O4/c1-3-32-19-10-14(4-9-18(19)29)12-25-26-21(30)20-13(2)17(11-24)22(31)28(27-20)16-7-5-15(23)6-8-16/h4-10,12,29H,3H2,1-2H3,(H,26,30)/b25-12+. The second-order valence-electron chi connectivity index (χ2n) is 6.51. The molecule has 10 heteroatoms. The number of carbonyl (C=O) groups excluding carboxylic acids is 1. The zero-order valence-corrected chi connectivity index (χ0v) is 17.9. The van der Waals surface area contributed by atoms with Gasteiger partial charge >= 0.3 is 0 Å². The Balaban J connectivity index is 1.91. The summed E-state index contributed by atoms with van der Waals surface area (Å²) in [5.41, 5.74) is 2.40. The van der Waals surface area contributed by atoms with Crippen LogP contribution in [0.25, 0.3) is 5.69 Å². The lowest BCUT2D eigenvalue weighted by molar-refractivity contribution is 0.0947. The van der Waals surface area contributed by atoms with Crippen LogP contribution in [-0.2, 0) is 0 Å². The van der Waals surface area contributed by atoms with E-state index in [1.54, 1.807) is 43.3 Å². The number of carbonyl (C=O) groups is 1. The van der Waals surface area contributed by atoms with Crippen LogP contribution in [0.3, 0.4) is 0 Å². The Hall–Kier alpha value is -4.16. The SMILES string of the molecule is CCOc1cc(/C=N/NC(=O)c2nn(-c3ccc(Cl)cc3)c(=O)c(C#N)c2C)ccc1O. The second kappa shape index (κ2) is 9.76. The van der Waals surface area contributed by atoms with Crippen molar-refractivity contribution in [2.45, 2.75) is 13.8 Å². The van der Waals surface area contributed by atoms with Crippen molar-refractivity contribution in [3.05, 3.63) is 80.2 Å². The summed E-state index contributed by atoms with van der Waals surface area (Å²) >= 11 is 5.89. The maximum absolute atomic E-state index is 12.7. The lowest BCUT2D eigenvalue weighted by atomic mass is 10.1. The minimum atomic E-state index is -0.707. The first-order valence-electron chi connectivity index (χ1n) is 9.45. The van der Waals surface area contributed by atoms with Gasteiger partial charge in [-0.05, 0) is 61.9 Å². The Kier molecular flexibility index (Phi) is 6.87. The smallest absolute Gasteiger partial charge is 0.292 e. The van der Waals surface area contributed by atoms with Crippen LogP contribution in [0.4, 0.5) is 0 Å². The summed E-state index contributed by atoms with van der Waals surface area (Å²) in [6, 6.07) is 12.7. The van der Waals surface area contributed by atoms with Gasteiger partial charge in [-0.2, -0.15) is 20.1 Å². The Bertz CT molecular complexity index is 1290. The minimum Gasteiger partial charge on any atom is -0.504 e. The number of ether oxygens (including phenoxy) is 1. The van der Waals surface area contributed by atoms with Crippen molar-refractivity contribution in [2.75, 3.05) is 6.61 Å². The molecule has 0 bridgehead atoms. The molecule has 0 atom stereocenters. The van der Waals surface area contributed by atoms with Crippen molar-refractivity contribution < 1.29 is 14.6 Å². The molecule has 1 heterocycles. The molecule has 32 heavy (non-hydrogen) atoms. The summed E-state index contributed by atoms with van der Waals surface area (Å²) in [5, 5.41) is 27.7. The third kappa shape index (κ3) is 4.77. The third-order valence-corrected chi connectivity index (χ3v) is 4.65. The molecule has 0 fully saturated rings. The number of benzene rings is 2. The molecule has 0 spiro atoms. The number of phenolic OH excluding ortho intramolecular Hbond substituents is 1. The van der Waals surface area contributed by atoms with Gasteiger partial charge in [0.05, 0.1) is 18.5 Å². The Morgan fingerprint density at radius 1 is 1.34 bits per heavy atom. The van der Waals surface area contributed by atoms with E-state index in [1.807, 2.05) is 6.07 Å². The van der Waals surface area contributed by atoms with Gasteiger partial charge in [0.2, 0.25) is 0 Å². The van der Waals surface area contributed by atoms with E-state index in [1.165, 1.54) is 19.2 Å². The first-order chi connectivity index (χ1) is 15.3. The summed E-state index contributed by atoms with van der Waals surface area (Å²) in [7, 11) is 0. The van der Waals surface area contributed by atoms with Gasteiger partial charge in [-0.25, -0.2) is 5.43 Å².